The van der Waals surface area contributed by atoms with E-state index >= 15 is 0 Å². The van der Waals surface area contributed by atoms with Gasteiger partial charge < -0.3 is 0 Å². The van der Waals surface area contributed by atoms with Gasteiger partial charge >= 0.3 is 0 Å². The number of thiophene rings is 1. The predicted octanol–water partition coefficient (Wildman–Crippen LogP) is 13.4. The first kappa shape index (κ1) is 31.0. The molecule has 248 valence electrons. The molecule has 10 rings (SSSR count). The van der Waals surface area contributed by atoms with Gasteiger partial charge in [-0.2, -0.15) is 0 Å². The van der Waals surface area contributed by atoms with Gasteiger partial charge in [0.25, 0.3) is 0 Å². The first-order valence-electron chi connectivity index (χ1n) is 17.8. The number of rotatable bonds is 6. The standard InChI is InChI=1S/C49H31N3S/c1-4-14-32(15-5-1)35-20-12-21-36(28-35)37-26-27-42-41(30-37)46-40-24-10-11-25-45(40)53-48(46)47(50-42)38-22-13-23-39(29-38)49-51-43(33-16-6-2-7-17-33)31-44(52-49)34-18-8-3-9-19-34/h1-31H. The number of aromatic nitrogens is 3. The van der Waals surface area contributed by atoms with Crippen molar-refractivity contribution in [2.24, 2.45) is 0 Å². The van der Waals surface area contributed by atoms with E-state index in [-0.39, 0.29) is 0 Å². The van der Waals surface area contributed by atoms with Gasteiger partial charge in [-0.3, -0.25) is 0 Å². The maximum absolute atomic E-state index is 5.40. The smallest absolute Gasteiger partial charge is 0.160 e. The molecule has 0 N–H and O–H groups in total. The van der Waals surface area contributed by atoms with Gasteiger partial charge in [0.2, 0.25) is 0 Å². The van der Waals surface area contributed by atoms with Gasteiger partial charge in [-0.15, -0.1) is 11.3 Å². The van der Waals surface area contributed by atoms with Crippen molar-refractivity contribution in [1.82, 2.24) is 15.0 Å². The van der Waals surface area contributed by atoms with Gasteiger partial charge in [0.15, 0.2) is 5.82 Å². The Hall–Kier alpha value is -6.75. The molecule has 0 aliphatic carbocycles. The van der Waals surface area contributed by atoms with Crippen LogP contribution in [0.25, 0.3) is 98.5 Å². The van der Waals surface area contributed by atoms with Crippen molar-refractivity contribution < 1.29 is 0 Å². The zero-order chi connectivity index (χ0) is 35.1. The molecule has 0 saturated carbocycles. The summed E-state index contributed by atoms with van der Waals surface area (Å²) in [6.07, 6.45) is 0. The summed E-state index contributed by atoms with van der Waals surface area (Å²) in [7, 11) is 0. The summed E-state index contributed by atoms with van der Waals surface area (Å²) in [6, 6.07) is 66.0. The fourth-order valence-corrected chi connectivity index (χ4v) is 8.49. The number of nitrogens with zero attached hydrogens (tertiary/aromatic N) is 3. The van der Waals surface area contributed by atoms with Crippen molar-refractivity contribution in [3.63, 3.8) is 0 Å². The minimum absolute atomic E-state index is 0.683. The van der Waals surface area contributed by atoms with Crippen LogP contribution >= 0.6 is 11.3 Å². The van der Waals surface area contributed by atoms with E-state index in [1.807, 2.05) is 36.4 Å². The number of pyridine rings is 1. The van der Waals surface area contributed by atoms with E-state index in [9.17, 15) is 0 Å². The molecule has 0 fully saturated rings. The molecule has 0 radical (unpaired) electrons. The highest BCUT2D eigenvalue weighted by atomic mass is 32.1. The number of hydrogen-bond donors (Lipinski definition) is 0. The molecule has 7 aromatic carbocycles. The lowest BCUT2D eigenvalue weighted by Crippen LogP contribution is -1.96. The van der Waals surface area contributed by atoms with Gasteiger partial charge in [0.05, 0.1) is 27.3 Å². The Kier molecular flexibility index (Phi) is 7.67. The van der Waals surface area contributed by atoms with Crippen LogP contribution in [0.4, 0.5) is 0 Å². The van der Waals surface area contributed by atoms with Crippen LogP contribution in [-0.4, -0.2) is 15.0 Å². The molecule has 10 aromatic rings. The van der Waals surface area contributed by atoms with Crippen molar-refractivity contribution >= 4 is 42.4 Å². The van der Waals surface area contributed by atoms with Crippen LogP contribution in [0.1, 0.15) is 0 Å². The molecule has 0 aliphatic heterocycles. The largest absolute Gasteiger partial charge is 0.246 e. The Labute approximate surface area is 311 Å². The molecule has 0 saturated heterocycles. The maximum Gasteiger partial charge on any atom is 0.160 e. The minimum Gasteiger partial charge on any atom is -0.246 e. The normalized spacial score (nSPS) is 11.4. The monoisotopic (exact) mass is 693 g/mol. The third-order valence-electron chi connectivity index (χ3n) is 9.87. The molecule has 3 aromatic heterocycles. The fraction of sp³-hybridized carbons (Fsp3) is 0. The highest BCUT2D eigenvalue weighted by Gasteiger charge is 2.18. The Balaban J connectivity index is 1.14. The van der Waals surface area contributed by atoms with Gasteiger partial charge in [-0.05, 0) is 58.7 Å². The molecule has 0 atom stereocenters. The molecule has 0 spiro atoms. The summed E-state index contributed by atoms with van der Waals surface area (Å²) in [5.74, 6) is 0.683. The van der Waals surface area contributed by atoms with Crippen LogP contribution < -0.4 is 0 Å². The Morgan fingerprint density at radius 1 is 0.340 bits per heavy atom. The average Bonchev–Trinajstić information content (AvgIpc) is 3.64. The lowest BCUT2D eigenvalue weighted by Gasteiger charge is -2.12. The van der Waals surface area contributed by atoms with E-state index < -0.39 is 0 Å². The average molecular weight is 694 g/mol. The molecular formula is C49H31N3S. The van der Waals surface area contributed by atoms with Gasteiger partial charge in [0.1, 0.15) is 0 Å². The summed E-state index contributed by atoms with van der Waals surface area (Å²) in [6.45, 7) is 0. The van der Waals surface area contributed by atoms with E-state index in [0.29, 0.717) is 5.82 Å². The quantitative estimate of drug-likeness (QED) is 0.174. The second-order valence-corrected chi connectivity index (χ2v) is 14.3. The minimum atomic E-state index is 0.683. The molecule has 3 heterocycles. The number of benzene rings is 7. The second-order valence-electron chi connectivity index (χ2n) is 13.2. The number of fused-ring (bicyclic) bond motifs is 5. The zero-order valence-electron chi connectivity index (χ0n) is 28.6. The van der Waals surface area contributed by atoms with Gasteiger partial charge in [0, 0.05) is 43.1 Å². The van der Waals surface area contributed by atoms with E-state index in [1.165, 1.54) is 42.4 Å². The van der Waals surface area contributed by atoms with Crippen LogP contribution in [0, 0.1) is 0 Å². The van der Waals surface area contributed by atoms with Gasteiger partial charge in [-0.25, -0.2) is 15.0 Å². The highest BCUT2D eigenvalue weighted by Crippen LogP contribution is 2.44. The molecule has 0 bridgehead atoms. The SMILES string of the molecule is c1ccc(-c2cccc(-c3ccc4nc(-c5cccc(-c6nc(-c7ccccc7)cc(-c7ccccc7)n6)c5)c5sc6ccccc6c5c4c3)c2)cc1. The van der Waals surface area contributed by atoms with Crippen molar-refractivity contribution in [2.75, 3.05) is 0 Å². The summed E-state index contributed by atoms with van der Waals surface area (Å²) in [5, 5.41) is 3.65. The molecule has 3 nitrogen and oxygen atoms in total. The number of hydrogen-bond acceptors (Lipinski definition) is 4. The first-order valence-corrected chi connectivity index (χ1v) is 18.6. The van der Waals surface area contributed by atoms with Crippen molar-refractivity contribution in [1.29, 1.82) is 0 Å². The fourth-order valence-electron chi connectivity index (χ4n) is 7.26. The zero-order valence-corrected chi connectivity index (χ0v) is 29.5. The van der Waals surface area contributed by atoms with Crippen LogP contribution in [0.2, 0.25) is 0 Å². The predicted molar refractivity (Wildman–Crippen MR) is 223 cm³/mol. The summed E-state index contributed by atoms with van der Waals surface area (Å²) >= 11 is 1.81. The third-order valence-corrected chi connectivity index (χ3v) is 11.0. The molecular weight excluding hydrogens is 663 g/mol. The Morgan fingerprint density at radius 2 is 0.868 bits per heavy atom. The third kappa shape index (κ3) is 5.76. The molecule has 4 heteroatoms. The van der Waals surface area contributed by atoms with E-state index in [0.717, 1.165) is 50.2 Å². The van der Waals surface area contributed by atoms with Crippen LogP contribution in [0.15, 0.2) is 188 Å². The van der Waals surface area contributed by atoms with Crippen molar-refractivity contribution in [3.8, 4) is 67.4 Å². The highest BCUT2D eigenvalue weighted by molar-refractivity contribution is 7.26. The van der Waals surface area contributed by atoms with Gasteiger partial charge in [-0.1, -0.05) is 152 Å². The second kappa shape index (κ2) is 13.1. The Morgan fingerprint density at radius 3 is 1.57 bits per heavy atom. The first-order chi connectivity index (χ1) is 26.2. The van der Waals surface area contributed by atoms with Crippen molar-refractivity contribution in [3.05, 3.63) is 188 Å². The summed E-state index contributed by atoms with van der Waals surface area (Å²) < 4.78 is 2.42. The van der Waals surface area contributed by atoms with Crippen LogP contribution in [-0.2, 0) is 0 Å². The topological polar surface area (TPSA) is 38.7 Å². The summed E-state index contributed by atoms with van der Waals surface area (Å²) in [4.78, 5) is 15.6. The van der Waals surface area contributed by atoms with Crippen LogP contribution in [0.5, 0.6) is 0 Å². The molecule has 53 heavy (non-hydrogen) atoms. The summed E-state index contributed by atoms with van der Waals surface area (Å²) in [5.41, 5.74) is 12.6. The molecule has 0 unspecified atom stereocenters. The molecule has 0 aliphatic rings. The van der Waals surface area contributed by atoms with E-state index in [4.69, 9.17) is 15.0 Å². The lowest BCUT2D eigenvalue weighted by atomic mass is 9.96. The van der Waals surface area contributed by atoms with Crippen molar-refractivity contribution in [2.45, 2.75) is 0 Å². The molecule has 0 amide bonds. The van der Waals surface area contributed by atoms with Crippen LogP contribution in [0.3, 0.4) is 0 Å². The van der Waals surface area contributed by atoms with E-state index in [1.54, 1.807) is 11.3 Å². The lowest BCUT2D eigenvalue weighted by molar-refractivity contribution is 1.18. The van der Waals surface area contributed by atoms with E-state index in [2.05, 4.69) is 152 Å². The maximum atomic E-state index is 5.40. The Bertz CT molecular complexity index is 2880.